The third-order valence-electron chi connectivity index (χ3n) is 2.73. The summed E-state index contributed by atoms with van der Waals surface area (Å²) in [5.74, 6) is 0.992. The van der Waals surface area contributed by atoms with E-state index < -0.39 is 0 Å². The number of anilines is 1. The Balaban J connectivity index is 2.19. The molecule has 3 heterocycles. The lowest BCUT2D eigenvalue weighted by molar-refractivity contribution is -0.563. The lowest BCUT2D eigenvalue weighted by Gasteiger charge is -2.01. The molecule has 0 saturated heterocycles. The largest absolute Gasteiger partial charge is 0.304 e. The smallest absolute Gasteiger partial charge is 0.286 e. The van der Waals surface area contributed by atoms with Crippen LogP contribution in [0.1, 0.15) is 6.92 Å². The fraction of sp³-hybridized carbons (Fsp3) is 0.154. The van der Waals surface area contributed by atoms with Gasteiger partial charge in [-0.1, -0.05) is 0 Å². The SMILES string of the molecule is CCNc1cc(-c2cccnc2)nc2cc[nH][n+]12. The molecule has 0 bridgehead atoms. The highest BCUT2D eigenvalue weighted by molar-refractivity contribution is 5.62. The van der Waals surface area contributed by atoms with Gasteiger partial charge < -0.3 is 5.32 Å². The van der Waals surface area contributed by atoms with Gasteiger partial charge in [-0.05, 0) is 19.1 Å². The molecule has 3 aromatic heterocycles. The fourth-order valence-corrected chi connectivity index (χ4v) is 1.93. The molecular weight excluding hydrogens is 226 g/mol. The van der Waals surface area contributed by atoms with Crippen LogP contribution in [0.4, 0.5) is 5.82 Å². The first kappa shape index (κ1) is 10.7. The Morgan fingerprint density at radius 3 is 3.11 bits per heavy atom. The van der Waals surface area contributed by atoms with Crippen molar-refractivity contribution in [1.82, 2.24) is 15.1 Å². The zero-order valence-electron chi connectivity index (χ0n) is 10.1. The van der Waals surface area contributed by atoms with Gasteiger partial charge in [0, 0.05) is 30.2 Å². The number of H-pyrrole nitrogens is 1. The van der Waals surface area contributed by atoms with Crippen LogP contribution in [0.15, 0.2) is 42.9 Å². The van der Waals surface area contributed by atoms with Crippen molar-refractivity contribution in [1.29, 1.82) is 0 Å². The summed E-state index contributed by atoms with van der Waals surface area (Å²) in [6, 6.07) is 7.89. The molecule has 0 aliphatic carbocycles. The van der Waals surface area contributed by atoms with Crippen molar-refractivity contribution in [3.05, 3.63) is 42.9 Å². The van der Waals surface area contributed by atoms with Crippen molar-refractivity contribution in [2.45, 2.75) is 6.92 Å². The summed E-state index contributed by atoms with van der Waals surface area (Å²) in [6.45, 7) is 2.93. The molecule has 0 atom stereocenters. The molecule has 0 aromatic carbocycles. The minimum Gasteiger partial charge on any atom is -0.304 e. The van der Waals surface area contributed by atoms with Crippen LogP contribution in [0.25, 0.3) is 16.9 Å². The standard InChI is InChI=1S/C13H13N5/c1-2-15-13-8-11(10-4-3-6-14-9-10)17-12-5-7-16-18(12)13/h3-9H,2H2,1H3,(H,15,16,17)/p+1. The fourth-order valence-electron chi connectivity index (χ4n) is 1.93. The molecule has 3 aromatic rings. The van der Waals surface area contributed by atoms with Gasteiger partial charge in [0.05, 0.1) is 12.6 Å². The number of hydrogen-bond donors (Lipinski definition) is 2. The molecule has 0 aliphatic rings. The van der Waals surface area contributed by atoms with Gasteiger partial charge in [0.15, 0.2) is 5.69 Å². The molecule has 0 amide bonds. The molecule has 5 heteroatoms. The van der Waals surface area contributed by atoms with Gasteiger partial charge >= 0.3 is 0 Å². The molecule has 0 fully saturated rings. The van der Waals surface area contributed by atoms with Gasteiger partial charge in [-0.3, -0.25) is 10.1 Å². The third kappa shape index (κ3) is 1.79. The van der Waals surface area contributed by atoms with Gasteiger partial charge in [-0.2, -0.15) is 0 Å². The predicted octanol–water partition coefficient (Wildman–Crippen LogP) is 1.64. The highest BCUT2D eigenvalue weighted by Crippen LogP contribution is 2.17. The van der Waals surface area contributed by atoms with Gasteiger partial charge in [0.2, 0.25) is 5.82 Å². The van der Waals surface area contributed by atoms with E-state index in [0.717, 1.165) is 29.3 Å². The van der Waals surface area contributed by atoms with Crippen LogP contribution in [0, 0.1) is 0 Å². The molecule has 18 heavy (non-hydrogen) atoms. The van der Waals surface area contributed by atoms with Gasteiger partial charge in [0.1, 0.15) is 0 Å². The van der Waals surface area contributed by atoms with E-state index in [1.807, 2.05) is 41.2 Å². The molecule has 5 nitrogen and oxygen atoms in total. The molecule has 0 radical (unpaired) electrons. The van der Waals surface area contributed by atoms with Gasteiger partial charge in [-0.25, -0.2) is 0 Å². The molecule has 0 saturated carbocycles. The minimum absolute atomic E-state index is 0.859. The van der Waals surface area contributed by atoms with Crippen LogP contribution < -0.4 is 9.83 Å². The van der Waals surface area contributed by atoms with Crippen LogP contribution in [0.3, 0.4) is 0 Å². The minimum atomic E-state index is 0.859. The summed E-state index contributed by atoms with van der Waals surface area (Å²) < 4.78 is 1.92. The van der Waals surface area contributed by atoms with Crippen molar-refractivity contribution in [3.8, 4) is 11.3 Å². The van der Waals surface area contributed by atoms with E-state index in [1.54, 1.807) is 6.20 Å². The summed E-state index contributed by atoms with van der Waals surface area (Å²) in [7, 11) is 0. The second-order valence-electron chi connectivity index (χ2n) is 3.95. The average Bonchev–Trinajstić information content (AvgIpc) is 2.88. The Labute approximate surface area is 105 Å². The number of fused-ring (bicyclic) bond motifs is 1. The van der Waals surface area contributed by atoms with Crippen LogP contribution in [-0.2, 0) is 0 Å². The Kier molecular flexibility index (Phi) is 2.64. The Morgan fingerprint density at radius 1 is 1.39 bits per heavy atom. The quantitative estimate of drug-likeness (QED) is 0.684. The normalized spacial score (nSPS) is 10.7. The van der Waals surface area contributed by atoms with E-state index in [4.69, 9.17) is 0 Å². The molecule has 3 rings (SSSR count). The second-order valence-corrected chi connectivity index (χ2v) is 3.95. The van der Waals surface area contributed by atoms with E-state index in [1.165, 1.54) is 0 Å². The summed E-state index contributed by atoms with van der Waals surface area (Å²) in [5.41, 5.74) is 2.81. The topological polar surface area (TPSA) is 57.7 Å². The Bertz CT molecular complexity index is 659. The van der Waals surface area contributed by atoms with Crippen molar-refractivity contribution >= 4 is 11.5 Å². The van der Waals surface area contributed by atoms with Crippen molar-refractivity contribution in [3.63, 3.8) is 0 Å². The highest BCUT2D eigenvalue weighted by atomic mass is 15.3. The number of aromatic amines is 1. The maximum absolute atomic E-state index is 4.60. The van der Waals surface area contributed by atoms with E-state index in [0.29, 0.717) is 0 Å². The van der Waals surface area contributed by atoms with Crippen molar-refractivity contribution in [2.24, 2.45) is 0 Å². The molecule has 0 aliphatic heterocycles. The summed E-state index contributed by atoms with van der Waals surface area (Å²) >= 11 is 0. The predicted molar refractivity (Wildman–Crippen MR) is 69.1 cm³/mol. The zero-order valence-corrected chi connectivity index (χ0v) is 10.1. The number of rotatable bonds is 3. The van der Waals surface area contributed by atoms with E-state index in [9.17, 15) is 0 Å². The summed E-state index contributed by atoms with van der Waals surface area (Å²) in [6.07, 6.45) is 5.45. The summed E-state index contributed by atoms with van der Waals surface area (Å²) in [5, 5.41) is 6.45. The lowest BCUT2D eigenvalue weighted by Crippen LogP contribution is -2.29. The molecular formula is C13H14N5+. The third-order valence-corrected chi connectivity index (χ3v) is 2.73. The Morgan fingerprint density at radius 2 is 2.33 bits per heavy atom. The molecule has 0 unspecified atom stereocenters. The Hall–Kier alpha value is -2.43. The maximum atomic E-state index is 4.60. The first-order chi connectivity index (χ1) is 8.88. The average molecular weight is 240 g/mol. The highest BCUT2D eigenvalue weighted by Gasteiger charge is 2.14. The maximum Gasteiger partial charge on any atom is 0.286 e. The zero-order chi connectivity index (χ0) is 12.4. The van der Waals surface area contributed by atoms with Crippen molar-refractivity contribution in [2.75, 3.05) is 11.9 Å². The van der Waals surface area contributed by atoms with E-state index in [-0.39, 0.29) is 0 Å². The van der Waals surface area contributed by atoms with E-state index >= 15 is 0 Å². The molecule has 90 valence electrons. The monoisotopic (exact) mass is 240 g/mol. The first-order valence-corrected chi connectivity index (χ1v) is 5.93. The van der Waals surface area contributed by atoms with Crippen LogP contribution in [-0.4, -0.2) is 21.6 Å². The van der Waals surface area contributed by atoms with Crippen LogP contribution >= 0.6 is 0 Å². The number of hydrogen-bond acceptors (Lipinski definition) is 3. The van der Waals surface area contributed by atoms with E-state index in [2.05, 4.69) is 27.3 Å². The number of nitrogens with one attached hydrogen (secondary N) is 2. The molecule has 0 spiro atoms. The van der Waals surface area contributed by atoms with Crippen LogP contribution in [0.5, 0.6) is 0 Å². The first-order valence-electron chi connectivity index (χ1n) is 5.93. The van der Waals surface area contributed by atoms with Crippen molar-refractivity contribution < 1.29 is 4.52 Å². The van der Waals surface area contributed by atoms with Gasteiger partial charge in [0.25, 0.3) is 5.65 Å². The number of aromatic nitrogens is 4. The molecule has 2 N–H and O–H groups in total. The number of pyridine rings is 1. The summed E-state index contributed by atoms with van der Waals surface area (Å²) in [4.78, 5) is 8.73. The van der Waals surface area contributed by atoms with Crippen LogP contribution in [0.2, 0.25) is 0 Å². The number of nitrogens with zero attached hydrogens (tertiary/aromatic N) is 3. The van der Waals surface area contributed by atoms with Gasteiger partial charge in [-0.15, -0.1) is 9.50 Å². The second kappa shape index (κ2) is 4.44. The lowest BCUT2D eigenvalue weighted by atomic mass is 10.2.